The summed E-state index contributed by atoms with van der Waals surface area (Å²) in [6.07, 6.45) is 1.68. The number of hydrogen-bond acceptors (Lipinski definition) is 5. The average Bonchev–Trinajstić information content (AvgIpc) is 2.68. The standard InChI is InChI=1S/C12H16N4S/c1-8-6-16(4-3-13-8)11-10-5-9(2)17-12(10)15-7-14-11/h5,7-8,13H,3-4,6H2,1-2H3/t8-/m1/s1. The van der Waals surface area contributed by atoms with Gasteiger partial charge in [-0.25, -0.2) is 9.97 Å². The van der Waals surface area contributed by atoms with Crippen LogP contribution in [0.2, 0.25) is 0 Å². The summed E-state index contributed by atoms with van der Waals surface area (Å²) in [5, 5.41) is 4.65. The van der Waals surface area contributed by atoms with Crippen LogP contribution in [0.5, 0.6) is 0 Å². The van der Waals surface area contributed by atoms with Crippen molar-refractivity contribution < 1.29 is 0 Å². The van der Waals surface area contributed by atoms with Gasteiger partial charge >= 0.3 is 0 Å². The van der Waals surface area contributed by atoms with E-state index >= 15 is 0 Å². The van der Waals surface area contributed by atoms with E-state index in [9.17, 15) is 0 Å². The Morgan fingerprint density at radius 3 is 3.18 bits per heavy atom. The van der Waals surface area contributed by atoms with Crippen molar-refractivity contribution in [2.24, 2.45) is 0 Å². The first-order chi connectivity index (χ1) is 8.24. The molecule has 1 saturated heterocycles. The first-order valence-corrected chi connectivity index (χ1v) is 6.75. The molecule has 3 heterocycles. The van der Waals surface area contributed by atoms with Crippen molar-refractivity contribution in [3.05, 3.63) is 17.3 Å². The fraction of sp³-hybridized carbons (Fsp3) is 0.500. The average molecular weight is 248 g/mol. The van der Waals surface area contributed by atoms with Gasteiger partial charge in [0, 0.05) is 30.6 Å². The number of thiophene rings is 1. The zero-order valence-corrected chi connectivity index (χ0v) is 10.9. The number of nitrogens with zero attached hydrogens (tertiary/aromatic N) is 3. The molecular formula is C12H16N4S. The number of aryl methyl sites for hydroxylation is 1. The third kappa shape index (κ3) is 2.00. The smallest absolute Gasteiger partial charge is 0.140 e. The lowest BCUT2D eigenvalue weighted by molar-refractivity contribution is 0.483. The molecule has 0 unspecified atom stereocenters. The first kappa shape index (κ1) is 10.9. The van der Waals surface area contributed by atoms with Crippen LogP contribution < -0.4 is 10.2 Å². The summed E-state index contributed by atoms with van der Waals surface area (Å²) in [5.74, 6) is 1.09. The predicted molar refractivity (Wildman–Crippen MR) is 71.8 cm³/mol. The molecule has 0 spiro atoms. The molecule has 0 saturated carbocycles. The summed E-state index contributed by atoms with van der Waals surface area (Å²) in [6, 6.07) is 2.72. The summed E-state index contributed by atoms with van der Waals surface area (Å²) in [4.78, 5) is 13.6. The molecule has 4 nitrogen and oxygen atoms in total. The van der Waals surface area contributed by atoms with E-state index in [2.05, 4.69) is 40.1 Å². The minimum Gasteiger partial charge on any atom is -0.353 e. The Morgan fingerprint density at radius 2 is 2.35 bits per heavy atom. The maximum atomic E-state index is 4.47. The Kier molecular flexibility index (Phi) is 2.72. The van der Waals surface area contributed by atoms with Crippen molar-refractivity contribution in [1.29, 1.82) is 0 Å². The van der Waals surface area contributed by atoms with Crippen LogP contribution in [0.25, 0.3) is 10.2 Å². The number of aromatic nitrogens is 2. The van der Waals surface area contributed by atoms with Gasteiger partial charge in [-0.2, -0.15) is 0 Å². The van der Waals surface area contributed by atoms with Gasteiger partial charge in [0.25, 0.3) is 0 Å². The van der Waals surface area contributed by atoms with Crippen LogP contribution in [-0.2, 0) is 0 Å². The highest BCUT2D eigenvalue weighted by Gasteiger charge is 2.19. The van der Waals surface area contributed by atoms with Crippen LogP contribution in [0.4, 0.5) is 5.82 Å². The zero-order valence-electron chi connectivity index (χ0n) is 10.1. The lowest BCUT2D eigenvalue weighted by Crippen LogP contribution is -2.49. The number of rotatable bonds is 1. The van der Waals surface area contributed by atoms with Crippen molar-refractivity contribution in [2.75, 3.05) is 24.5 Å². The second-order valence-corrected chi connectivity index (χ2v) is 5.81. The van der Waals surface area contributed by atoms with Crippen LogP contribution in [-0.4, -0.2) is 35.6 Å². The molecule has 1 aliphatic rings. The van der Waals surface area contributed by atoms with Crippen LogP contribution in [0.1, 0.15) is 11.8 Å². The maximum absolute atomic E-state index is 4.47. The number of fused-ring (bicyclic) bond motifs is 1. The summed E-state index contributed by atoms with van der Waals surface area (Å²) in [6.45, 7) is 7.39. The van der Waals surface area contributed by atoms with Gasteiger partial charge in [0.1, 0.15) is 17.0 Å². The summed E-state index contributed by atoms with van der Waals surface area (Å²) >= 11 is 1.74. The number of hydrogen-bond donors (Lipinski definition) is 1. The van der Waals surface area contributed by atoms with Crippen molar-refractivity contribution in [2.45, 2.75) is 19.9 Å². The molecule has 0 radical (unpaired) electrons. The molecule has 5 heteroatoms. The van der Waals surface area contributed by atoms with Crippen LogP contribution in [0.15, 0.2) is 12.4 Å². The van der Waals surface area contributed by atoms with Gasteiger partial charge in [-0.05, 0) is 19.9 Å². The van der Waals surface area contributed by atoms with Crippen LogP contribution >= 0.6 is 11.3 Å². The molecule has 1 aliphatic heterocycles. The van der Waals surface area contributed by atoms with E-state index in [4.69, 9.17) is 0 Å². The molecule has 1 N–H and O–H groups in total. The molecule has 0 bridgehead atoms. The van der Waals surface area contributed by atoms with Crippen molar-refractivity contribution in [3.63, 3.8) is 0 Å². The van der Waals surface area contributed by atoms with Gasteiger partial charge in [-0.3, -0.25) is 0 Å². The Bertz CT molecular complexity index is 536. The molecule has 1 atom stereocenters. The van der Waals surface area contributed by atoms with Gasteiger partial charge in [0.05, 0.1) is 5.39 Å². The topological polar surface area (TPSA) is 41.0 Å². The first-order valence-electron chi connectivity index (χ1n) is 5.93. The molecular weight excluding hydrogens is 232 g/mol. The highest BCUT2D eigenvalue weighted by atomic mass is 32.1. The Balaban J connectivity index is 2.04. The minimum atomic E-state index is 0.522. The van der Waals surface area contributed by atoms with E-state index in [0.29, 0.717) is 6.04 Å². The molecule has 3 rings (SSSR count). The molecule has 90 valence electrons. The fourth-order valence-electron chi connectivity index (χ4n) is 2.34. The van der Waals surface area contributed by atoms with Crippen molar-refractivity contribution in [1.82, 2.24) is 15.3 Å². The van der Waals surface area contributed by atoms with Gasteiger partial charge < -0.3 is 10.2 Å². The van der Waals surface area contributed by atoms with E-state index in [1.807, 2.05) is 0 Å². The Morgan fingerprint density at radius 1 is 1.47 bits per heavy atom. The van der Waals surface area contributed by atoms with Crippen molar-refractivity contribution >= 4 is 27.4 Å². The molecule has 0 amide bonds. The zero-order chi connectivity index (χ0) is 11.8. The molecule has 0 aromatic carbocycles. The fourth-order valence-corrected chi connectivity index (χ4v) is 3.18. The molecule has 0 aliphatic carbocycles. The van der Waals surface area contributed by atoms with Crippen LogP contribution in [0.3, 0.4) is 0 Å². The van der Waals surface area contributed by atoms with Crippen LogP contribution in [0, 0.1) is 6.92 Å². The molecule has 1 fully saturated rings. The highest BCUT2D eigenvalue weighted by molar-refractivity contribution is 7.18. The number of piperazine rings is 1. The van der Waals surface area contributed by atoms with Gasteiger partial charge in [-0.1, -0.05) is 0 Å². The normalized spacial score (nSPS) is 21.1. The van der Waals surface area contributed by atoms with E-state index in [-0.39, 0.29) is 0 Å². The van der Waals surface area contributed by atoms with Gasteiger partial charge in [-0.15, -0.1) is 11.3 Å². The summed E-state index contributed by atoms with van der Waals surface area (Å²) < 4.78 is 0. The van der Waals surface area contributed by atoms with E-state index < -0.39 is 0 Å². The third-order valence-electron chi connectivity index (χ3n) is 3.10. The molecule has 2 aromatic rings. The molecule has 17 heavy (non-hydrogen) atoms. The second kappa shape index (κ2) is 4.23. The third-order valence-corrected chi connectivity index (χ3v) is 4.06. The minimum absolute atomic E-state index is 0.522. The summed E-state index contributed by atoms with van der Waals surface area (Å²) in [5.41, 5.74) is 0. The van der Waals surface area contributed by atoms with E-state index in [1.165, 1.54) is 10.3 Å². The van der Waals surface area contributed by atoms with E-state index in [0.717, 1.165) is 30.3 Å². The highest BCUT2D eigenvalue weighted by Crippen LogP contribution is 2.29. The maximum Gasteiger partial charge on any atom is 0.140 e. The number of anilines is 1. The Hall–Kier alpha value is -1.20. The van der Waals surface area contributed by atoms with Gasteiger partial charge in [0.15, 0.2) is 0 Å². The Labute approximate surface area is 105 Å². The largest absolute Gasteiger partial charge is 0.353 e. The quantitative estimate of drug-likeness (QED) is 0.835. The van der Waals surface area contributed by atoms with Crippen molar-refractivity contribution in [3.8, 4) is 0 Å². The number of nitrogens with one attached hydrogen (secondary N) is 1. The monoisotopic (exact) mass is 248 g/mol. The summed E-state index contributed by atoms with van der Waals surface area (Å²) in [7, 11) is 0. The lowest BCUT2D eigenvalue weighted by atomic mass is 10.2. The lowest BCUT2D eigenvalue weighted by Gasteiger charge is -2.32. The SMILES string of the molecule is Cc1cc2c(N3CCN[C@H](C)C3)ncnc2s1. The second-order valence-electron chi connectivity index (χ2n) is 4.57. The van der Waals surface area contributed by atoms with Gasteiger partial charge in [0.2, 0.25) is 0 Å². The molecule has 2 aromatic heterocycles. The van der Waals surface area contributed by atoms with E-state index in [1.54, 1.807) is 17.7 Å². The predicted octanol–water partition coefficient (Wildman–Crippen LogP) is 1.80.